The number of likely N-dealkylation sites (N-methyl/N-ethyl adjacent to an activating group) is 1. The van der Waals surface area contributed by atoms with Crippen LogP contribution in [0.15, 0.2) is 0 Å². The fourth-order valence-electron chi connectivity index (χ4n) is 2.87. The summed E-state index contributed by atoms with van der Waals surface area (Å²) >= 11 is 0. The normalized spacial score (nSPS) is 37.4. The third-order valence-electron chi connectivity index (χ3n) is 3.77. The monoisotopic (exact) mass is 182 g/mol. The van der Waals surface area contributed by atoms with Crippen molar-refractivity contribution in [3.63, 3.8) is 0 Å². The highest BCUT2D eigenvalue weighted by molar-refractivity contribution is 4.88. The van der Waals surface area contributed by atoms with Crippen molar-refractivity contribution in [2.75, 3.05) is 26.2 Å². The molecule has 2 fully saturated rings. The maximum absolute atomic E-state index is 2.73. The van der Waals surface area contributed by atoms with Crippen molar-refractivity contribution in [3.05, 3.63) is 0 Å². The molecule has 2 heteroatoms. The average Bonchev–Trinajstić information content (AvgIpc) is 2.71. The lowest BCUT2D eigenvalue weighted by Gasteiger charge is -2.28. The Bertz CT molecular complexity index is 169. The molecule has 0 bridgehead atoms. The Hall–Kier alpha value is -0.0800. The predicted molar refractivity (Wildman–Crippen MR) is 55.9 cm³/mol. The first kappa shape index (κ1) is 9.47. The van der Waals surface area contributed by atoms with Crippen LogP contribution in [0.3, 0.4) is 0 Å². The van der Waals surface area contributed by atoms with Crippen molar-refractivity contribution in [2.45, 2.75) is 45.2 Å². The first-order chi connectivity index (χ1) is 6.31. The molecule has 0 spiro atoms. The molecule has 0 aromatic heterocycles. The smallest absolute Gasteiger partial charge is 0.0238 e. The van der Waals surface area contributed by atoms with Crippen molar-refractivity contribution in [1.29, 1.82) is 0 Å². The van der Waals surface area contributed by atoms with E-state index in [1.54, 1.807) is 0 Å². The first-order valence-corrected chi connectivity index (χ1v) is 5.79. The zero-order chi connectivity index (χ0) is 9.26. The van der Waals surface area contributed by atoms with Gasteiger partial charge in [-0.3, -0.25) is 4.90 Å². The number of rotatable bonds is 2. The molecular formula is C11H22N2. The summed E-state index contributed by atoms with van der Waals surface area (Å²) in [5.74, 6) is 0. The van der Waals surface area contributed by atoms with Crippen molar-refractivity contribution in [2.24, 2.45) is 0 Å². The highest BCUT2D eigenvalue weighted by atomic mass is 15.3. The number of hydrogen-bond donors (Lipinski definition) is 0. The number of hydrogen-bond acceptors (Lipinski definition) is 2. The predicted octanol–water partition coefficient (Wildman–Crippen LogP) is 1.56. The second kappa shape index (κ2) is 3.97. The molecule has 2 heterocycles. The van der Waals surface area contributed by atoms with E-state index in [0.717, 1.165) is 12.1 Å². The Labute approximate surface area is 81.9 Å². The Morgan fingerprint density at radius 3 is 2.62 bits per heavy atom. The maximum Gasteiger partial charge on any atom is 0.0238 e. The summed E-state index contributed by atoms with van der Waals surface area (Å²) < 4.78 is 0. The SMILES string of the molecule is CCN1CCC(N2CCCC2C)C1. The molecule has 0 aliphatic carbocycles. The van der Waals surface area contributed by atoms with Gasteiger partial charge >= 0.3 is 0 Å². The van der Waals surface area contributed by atoms with Gasteiger partial charge in [0.05, 0.1) is 0 Å². The Kier molecular flexibility index (Phi) is 2.89. The van der Waals surface area contributed by atoms with Gasteiger partial charge in [0.15, 0.2) is 0 Å². The van der Waals surface area contributed by atoms with Gasteiger partial charge in [-0.05, 0) is 45.8 Å². The third kappa shape index (κ3) is 1.89. The maximum atomic E-state index is 2.73. The van der Waals surface area contributed by atoms with E-state index in [1.165, 1.54) is 45.4 Å². The Balaban J connectivity index is 1.88. The van der Waals surface area contributed by atoms with E-state index in [0.29, 0.717) is 0 Å². The zero-order valence-electron chi connectivity index (χ0n) is 9.00. The van der Waals surface area contributed by atoms with Crippen LogP contribution in [0.2, 0.25) is 0 Å². The van der Waals surface area contributed by atoms with E-state index in [-0.39, 0.29) is 0 Å². The largest absolute Gasteiger partial charge is 0.302 e. The molecule has 13 heavy (non-hydrogen) atoms. The number of nitrogens with zero attached hydrogens (tertiary/aromatic N) is 2. The lowest BCUT2D eigenvalue weighted by molar-refractivity contribution is 0.188. The minimum atomic E-state index is 0.849. The summed E-state index contributed by atoms with van der Waals surface area (Å²) in [5.41, 5.74) is 0. The molecule has 0 radical (unpaired) electrons. The van der Waals surface area contributed by atoms with Crippen LogP contribution in [-0.2, 0) is 0 Å². The summed E-state index contributed by atoms with van der Waals surface area (Å²) in [5, 5.41) is 0. The standard InChI is InChI=1S/C11H22N2/c1-3-12-8-6-11(9-12)13-7-4-5-10(13)2/h10-11H,3-9H2,1-2H3. The van der Waals surface area contributed by atoms with Crippen molar-refractivity contribution < 1.29 is 0 Å². The third-order valence-corrected chi connectivity index (χ3v) is 3.77. The molecule has 0 N–H and O–H groups in total. The van der Waals surface area contributed by atoms with Crippen molar-refractivity contribution in [1.82, 2.24) is 9.80 Å². The summed E-state index contributed by atoms with van der Waals surface area (Å²) in [6, 6.07) is 1.72. The lowest BCUT2D eigenvalue weighted by atomic mass is 10.2. The molecule has 2 saturated heterocycles. The van der Waals surface area contributed by atoms with E-state index < -0.39 is 0 Å². The molecule has 2 unspecified atom stereocenters. The zero-order valence-corrected chi connectivity index (χ0v) is 9.00. The fourth-order valence-corrected chi connectivity index (χ4v) is 2.87. The van der Waals surface area contributed by atoms with Gasteiger partial charge in [-0.1, -0.05) is 6.92 Å². The fraction of sp³-hybridized carbons (Fsp3) is 1.00. The van der Waals surface area contributed by atoms with Crippen LogP contribution in [0.25, 0.3) is 0 Å². The van der Waals surface area contributed by atoms with Gasteiger partial charge < -0.3 is 4.90 Å². The van der Waals surface area contributed by atoms with Crippen LogP contribution in [0.4, 0.5) is 0 Å². The van der Waals surface area contributed by atoms with E-state index in [4.69, 9.17) is 0 Å². The van der Waals surface area contributed by atoms with Crippen LogP contribution in [0.5, 0.6) is 0 Å². The summed E-state index contributed by atoms with van der Waals surface area (Å²) in [7, 11) is 0. The number of likely N-dealkylation sites (tertiary alicyclic amines) is 2. The van der Waals surface area contributed by atoms with Crippen molar-refractivity contribution >= 4 is 0 Å². The second-order valence-electron chi connectivity index (χ2n) is 4.56. The molecule has 2 rings (SSSR count). The van der Waals surface area contributed by atoms with E-state index >= 15 is 0 Å². The summed E-state index contributed by atoms with van der Waals surface area (Å²) in [4.78, 5) is 5.31. The minimum Gasteiger partial charge on any atom is -0.302 e. The van der Waals surface area contributed by atoms with Gasteiger partial charge in [0.1, 0.15) is 0 Å². The van der Waals surface area contributed by atoms with Crippen molar-refractivity contribution in [3.8, 4) is 0 Å². The molecule has 2 atom stereocenters. The summed E-state index contributed by atoms with van der Waals surface area (Å²) in [6.07, 6.45) is 4.24. The molecule has 0 amide bonds. The van der Waals surface area contributed by atoms with E-state index in [1.807, 2.05) is 0 Å². The van der Waals surface area contributed by atoms with Crippen LogP contribution >= 0.6 is 0 Å². The minimum absolute atomic E-state index is 0.849. The Morgan fingerprint density at radius 1 is 1.23 bits per heavy atom. The van der Waals surface area contributed by atoms with Gasteiger partial charge in [0, 0.05) is 18.6 Å². The molecule has 0 aromatic rings. The molecule has 0 saturated carbocycles. The Morgan fingerprint density at radius 2 is 2.08 bits per heavy atom. The first-order valence-electron chi connectivity index (χ1n) is 5.79. The highest BCUT2D eigenvalue weighted by Gasteiger charge is 2.31. The highest BCUT2D eigenvalue weighted by Crippen LogP contribution is 2.24. The van der Waals surface area contributed by atoms with Gasteiger partial charge in [0.25, 0.3) is 0 Å². The average molecular weight is 182 g/mol. The van der Waals surface area contributed by atoms with Crippen LogP contribution < -0.4 is 0 Å². The molecule has 0 aromatic carbocycles. The summed E-state index contributed by atoms with van der Waals surface area (Å²) in [6.45, 7) is 9.89. The molecule has 2 aliphatic rings. The van der Waals surface area contributed by atoms with E-state index in [2.05, 4.69) is 23.6 Å². The van der Waals surface area contributed by atoms with Gasteiger partial charge in [-0.2, -0.15) is 0 Å². The molecule has 76 valence electrons. The topological polar surface area (TPSA) is 6.48 Å². The quantitative estimate of drug-likeness (QED) is 0.639. The van der Waals surface area contributed by atoms with Crippen LogP contribution in [0, 0.1) is 0 Å². The molecule has 2 nitrogen and oxygen atoms in total. The van der Waals surface area contributed by atoms with Gasteiger partial charge in [0.2, 0.25) is 0 Å². The second-order valence-corrected chi connectivity index (χ2v) is 4.56. The van der Waals surface area contributed by atoms with Gasteiger partial charge in [-0.25, -0.2) is 0 Å². The molecule has 2 aliphatic heterocycles. The van der Waals surface area contributed by atoms with Crippen LogP contribution in [-0.4, -0.2) is 48.1 Å². The molecular weight excluding hydrogens is 160 g/mol. The lowest BCUT2D eigenvalue weighted by Crippen LogP contribution is -2.39. The van der Waals surface area contributed by atoms with E-state index in [9.17, 15) is 0 Å². The van der Waals surface area contributed by atoms with Gasteiger partial charge in [-0.15, -0.1) is 0 Å². The van der Waals surface area contributed by atoms with Crippen LogP contribution in [0.1, 0.15) is 33.1 Å².